The Kier molecular flexibility index (Phi) is 7.27. The van der Waals surface area contributed by atoms with Crippen LogP contribution in [0.3, 0.4) is 0 Å². The molecule has 0 radical (unpaired) electrons. The van der Waals surface area contributed by atoms with Crippen molar-refractivity contribution in [1.29, 1.82) is 0 Å². The van der Waals surface area contributed by atoms with Gasteiger partial charge < -0.3 is 15.0 Å². The number of amides is 1. The van der Waals surface area contributed by atoms with Gasteiger partial charge in [0.1, 0.15) is 12.4 Å². The second kappa shape index (κ2) is 9.91. The molecule has 1 atom stereocenters. The summed E-state index contributed by atoms with van der Waals surface area (Å²) in [7, 11) is 0. The van der Waals surface area contributed by atoms with Crippen molar-refractivity contribution < 1.29 is 31.9 Å². The summed E-state index contributed by atoms with van der Waals surface area (Å²) in [6.07, 6.45) is -3.94. The van der Waals surface area contributed by atoms with Crippen LogP contribution in [-0.4, -0.2) is 42.5 Å². The van der Waals surface area contributed by atoms with Gasteiger partial charge >= 0.3 is 12.3 Å². The van der Waals surface area contributed by atoms with Crippen LogP contribution >= 0.6 is 0 Å². The second-order valence-corrected chi connectivity index (χ2v) is 7.32. The smallest absolute Gasteiger partial charge is 0.419 e. The van der Waals surface area contributed by atoms with Gasteiger partial charge in [0.05, 0.1) is 12.1 Å². The molecular weight excluding hydrogens is 416 g/mol. The monoisotopic (exact) mass is 438 g/mol. The number of ketones is 1. The van der Waals surface area contributed by atoms with Crippen molar-refractivity contribution in [1.82, 2.24) is 10.2 Å². The van der Waals surface area contributed by atoms with Crippen LogP contribution in [-0.2, 0) is 17.5 Å². The Hall–Kier alpha value is -2.94. The number of benzene rings is 2. The Morgan fingerprint density at radius 2 is 1.87 bits per heavy atom. The third kappa shape index (κ3) is 6.27. The number of rotatable bonds is 6. The van der Waals surface area contributed by atoms with Crippen LogP contribution in [0.5, 0.6) is 0 Å². The van der Waals surface area contributed by atoms with Crippen LogP contribution in [0.2, 0.25) is 0 Å². The van der Waals surface area contributed by atoms with Crippen LogP contribution in [0.15, 0.2) is 48.5 Å². The highest BCUT2D eigenvalue weighted by Crippen LogP contribution is 2.32. The Labute approximate surface area is 177 Å². The van der Waals surface area contributed by atoms with E-state index in [1.807, 2.05) is 30.3 Å². The molecule has 1 aliphatic heterocycles. The maximum absolute atomic E-state index is 13.4. The fourth-order valence-electron chi connectivity index (χ4n) is 3.38. The van der Waals surface area contributed by atoms with Crippen molar-refractivity contribution in [2.24, 2.45) is 0 Å². The first kappa shape index (κ1) is 22.7. The molecule has 0 saturated carbocycles. The molecule has 1 aliphatic rings. The number of carbonyl (C=O) groups excluding carboxylic acids is 2. The quantitative estimate of drug-likeness (QED) is 0.536. The van der Waals surface area contributed by atoms with Gasteiger partial charge in [0, 0.05) is 24.7 Å². The SMILES string of the molecule is O=C(CN[C@@H]1CCCN(C(=O)OCc2ccccc2)C1)c1ccc(F)c(C(F)(F)F)c1. The Balaban J connectivity index is 1.51. The lowest BCUT2D eigenvalue weighted by Gasteiger charge is -2.32. The molecule has 1 saturated heterocycles. The summed E-state index contributed by atoms with van der Waals surface area (Å²) in [6.45, 7) is 0.768. The summed E-state index contributed by atoms with van der Waals surface area (Å²) in [5.74, 6) is -2.01. The number of likely N-dealkylation sites (tertiary alicyclic amines) is 1. The summed E-state index contributed by atoms with van der Waals surface area (Å²) in [6, 6.07) is 11.2. The van der Waals surface area contributed by atoms with E-state index in [4.69, 9.17) is 4.74 Å². The van der Waals surface area contributed by atoms with E-state index in [0.717, 1.165) is 11.6 Å². The summed E-state index contributed by atoms with van der Waals surface area (Å²) < 4.78 is 57.2. The average molecular weight is 438 g/mol. The average Bonchev–Trinajstić information content (AvgIpc) is 2.76. The molecule has 0 bridgehead atoms. The molecule has 166 valence electrons. The lowest BCUT2D eigenvalue weighted by molar-refractivity contribution is -0.140. The van der Waals surface area contributed by atoms with Crippen LogP contribution < -0.4 is 5.32 Å². The number of alkyl halides is 3. The van der Waals surface area contributed by atoms with Crippen LogP contribution in [0.25, 0.3) is 0 Å². The van der Waals surface area contributed by atoms with Crippen molar-refractivity contribution in [3.8, 4) is 0 Å². The van der Waals surface area contributed by atoms with E-state index >= 15 is 0 Å². The summed E-state index contributed by atoms with van der Waals surface area (Å²) >= 11 is 0. The number of hydrogen-bond donors (Lipinski definition) is 1. The zero-order valence-electron chi connectivity index (χ0n) is 16.6. The van der Waals surface area contributed by atoms with E-state index < -0.39 is 29.4 Å². The van der Waals surface area contributed by atoms with E-state index in [1.54, 1.807) is 0 Å². The number of piperidine rings is 1. The Morgan fingerprint density at radius 3 is 2.58 bits per heavy atom. The number of nitrogens with one attached hydrogen (secondary N) is 1. The van der Waals surface area contributed by atoms with Crippen molar-refractivity contribution in [3.63, 3.8) is 0 Å². The molecule has 3 rings (SSSR count). The molecule has 0 unspecified atom stereocenters. The molecule has 1 heterocycles. The molecule has 1 N–H and O–H groups in total. The normalized spacial score (nSPS) is 16.8. The predicted octanol–water partition coefficient (Wildman–Crippen LogP) is 4.42. The van der Waals surface area contributed by atoms with Gasteiger partial charge in [-0.1, -0.05) is 30.3 Å². The molecule has 5 nitrogen and oxygen atoms in total. The van der Waals surface area contributed by atoms with Gasteiger partial charge in [0.2, 0.25) is 0 Å². The number of ether oxygens (including phenoxy) is 1. The maximum Gasteiger partial charge on any atom is 0.419 e. The number of nitrogens with zero attached hydrogens (tertiary/aromatic N) is 1. The fraction of sp³-hybridized carbons (Fsp3) is 0.364. The topological polar surface area (TPSA) is 58.6 Å². The molecule has 0 spiro atoms. The van der Waals surface area contributed by atoms with E-state index in [1.165, 1.54) is 4.90 Å². The molecular formula is C22H22F4N2O3. The van der Waals surface area contributed by atoms with E-state index in [0.29, 0.717) is 38.1 Å². The van der Waals surface area contributed by atoms with Gasteiger partial charge in [-0.05, 0) is 36.6 Å². The number of carbonyl (C=O) groups is 2. The first-order valence-electron chi connectivity index (χ1n) is 9.83. The third-order valence-corrected chi connectivity index (χ3v) is 5.03. The molecule has 0 aromatic heterocycles. The Morgan fingerprint density at radius 1 is 1.13 bits per heavy atom. The molecule has 1 fully saturated rings. The van der Waals surface area contributed by atoms with Crippen LogP contribution in [0.1, 0.15) is 34.3 Å². The molecule has 9 heteroatoms. The zero-order valence-corrected chi connectivity index (χ0v) is 16.6. The number of halogens is 4. The predicted molar refractivity (Wildman–Crippen MR) is 105 cm³/mol. The van der Waals surface area contributed by atoms with Gasteiger partial charge in [-0.15, -0.1) is 0 Å². The molecule has 1 amide bonds. The summed E-state index contributed by atoms with van der Waals surface area (Å²) in [5, 5.41) is 2.98. The van der Waals surface area contributed by atoms with Gasteiger partial charge in [0.15, 0.2) is 5.78 Å². The summed E-state index contributed by atoms with van der Waals surface area (Å²) in [4.78, 5) is 26.1. The summed E-state index contributed by atoms with van der Waals surface area (Å²) in [5.41, 5.74) is -0.829. The number of Topliss-reactive ketones (excluding diaryl/α,β-unsaturated/α-hetero) is 1. The molecule has 2 aromatic rings. The molecule has 2 aromatic carbocycles. The minimum atomic E-state index is -4.88. The van der Waals surface area contributed by atoms with Crippen molar-refractivity contribution in [2.45, 2.75) is 31.7 Å². The van der Waals surface area contributed by atoms with Gasteiger partial charge in [-0.2, -0.15) is 13.2 Å². The zero-order chi connectivity index (χ0) is 22.4. The highest BCUT2D eigenvalue weighted by Gasteiger charge is 2.34. The van der Waals surface area contributed by atoms with E-state index in [2.05, 4.69) is 5.32 Å². The first-order chi connectivity index (χ1) is 14.7. The van der Waals surface area contributed by atoms with E-state index in [9.17, 15) is 27.2 Å². The van der Waals surface area contributed by atoms with Crippen LogP contribution in [0.4, 0.5) is 22.4 Å². The highest BCUT2D eigenvalue weighted by molar-refractivity contribution is 5.97. The fourth-order valence-corrected chi connectivity index (χ4v) is 3.38. The van der Waals surface area contributed by atoms with Crippen molar-refractivity contribution >= 4 is 11.9 Å². The lowest BCUT2D eigenvalue weighted by atomic mass is 10.0. The highest BCUT2D eigenvalue weighted by atomic mass is 19.4. The van der Waals surface area contributed by atoms with Gasteiger partial charge in [-0.25, -0.2) is 9.18 Å². The lowest BCUT2D eigenvalue weighted by Crippen LogP contribution is -2.49. The minimum absolute atomic E-state index is 0.152. The van der Waals surface area contributed by atoms with Crippen molar-refractivity contribution in [2.75, 3.05) is 19.6 Å². The molecule has 0 aliphatic carbocycles. The largest absolute Gasteiger partial charge is 0.445 e. The van der Waals surface area contributed by atoms with E-state index in [-0.39, 0.29) is 24.8 Å². The first-order valence-corrected chi connectivity index (χ1v) is 9.83. The van der Waals surface area contributed by atoms with Gasteiger partial charge in [-0.3, -0.25) is 4.79 Å². The Bertz CT molecular complexity index is 919. The maximum atomic E-state index is 13.4. The molecule has 31 heavy (non-hydrogen) atoms. The van der Waals surface area contributed by atoms with Crippen LogP contribution in [0, 0.1) is 5.82 Å². The van der Waals surface area contributed by atoms with Gasteiger partial charge in [0.25, 0.3) is 0 Å². The van der Waals surface area contributed by atoms with Crippen molar-refractivity contribution in [3.05, 3.63) is 71.0 Å². The minimum Gasteiger partial charge on any atom is -0.445 e. The third-order valence-electron chi connectivity index (χ3n) is 5.03. The standard InChI is InChI=1S/C22H22F4N2O3/c23-19-9-8-16(11-18(19)22(24,25)26)20(29)12-27-17-7-4-10-28(13-17)21(30)31-14-15-5-2-1-3-6-15/h1-3,5-6,8-9,11,17,27H,4,7,10,12-14H2/t17-/m1/s1. The second-order valence-electron chi connectivity index (χ2n) is 7.32. The number of hydrogen-bond acceptors (Lipinski definition) is 4.